The Morgan fingerprint density at radius 3 is 2.50 bits per heavy atom. The van der Waals surface area contributed by atoms with Gasteiger partial charge in [0.1, 0.15) is 4.99 Å². The van der Waals surface area contributed by atoms with Crippen LogP contribution in [0.2, 0.25) is 0 Å². The molecule has 0 spiro atoms. The van der Waals surface area contributed by atoms with E-state index in [9.17, 15) is 0 Å². The van der Waals surface area contributed by atoms with Crippen LogP contribution in [-0.2, 0) is 0 Å². The SMILES string of the molecule is C\C=C/C=C(C)/C(C)=N/C(=C\C)C(=S)Nc1ccccc1N1CCCC1. The molecular weight excluding hydrogens is 338 g/mol. The minimum absolute atomic E-state index is 0.650. The van der Waals surface area contributed by atoms with Crippen molar-refractivity contribution in [3.63, 3.8) is 0 Å². The third kappa shape index (κ3) is 5.40. The topological polar surface area (TPSA) is 27.6 Å². The predicted molar refractivity (Wildman–Crippen MR) is 120 cm³/mol. The van der Waals surface area contributed by atoms with Gasteiger partial charge in [-0.2, -0.15) is 0 Å². The average molecular weight is 368 g/mol. The van der Waals surface area contributed by atoms with Crippen molar-refractivity contribution in [1.82, 2.24) is 0 Å². The first-order valence-corrected chi connectivity index (χ1v) is 9.64. The molecule has 1 saturated heterocycles. The Morgan fingerprint density at radius 2 is 1.85 bits per heavy atom. The van der Waals surface area contributed by atoms with Gasteiger partial charge in [-0.05, 0) is 58.2 Å². The highest BCUT2D eigenvalue weighted by atomic mass is 32.1. The molecule has 0 bridgehead atoms. The van der Waals surface area contributed by atoms with E-state index < -0.39 is 0 Å². The lowest BCUT2D eigenvalue weighted by atomic mass is 10.2. The number of benzene rings is 1. The quantitative estimate of drug-likeness (QED) is 0.293. The van der Waals surface area contributed by atoms with E-state index in [-0.39, 0.29) is 0 Å². The van der Waals surface area contributed by atoms with Gasteiger partial charge in [0.2, 0.25) is 0 Å². The van der Waals surface area contributed by atoms with E-state index in [1.807, 2.05) is 45.1 Å². The maximum atomic E-state index is 5.64. The van der Waals surface area contributed by atoms with Crippen LogP contribution in [0.25, 0.3) is 0 Å². The smallest absolute Gasteiger partial charge is 0.129 e. The molecule has 0 saturated carbocycles. The van der Waals surface area contributed by atoms with Gasteiger partial charge in [0, 0.05) is 18.8 Å². The summed E-state index contributed by atoms with van der Waals surface area (Å²) in [6.45, 7) is 10.3. The Morgan fingerprint density at radius 1 is 1.15 bits per heavy atom. The van der Waals surface area contributed by atoms with E-state index in [0.717, 1.165) is 35.8 Å². The first-order chi connectivity index (χ1) is 12.6. The Bertz CT molecular complexity index is 750. The van der Waals surface area contributed by atoms with Gasteiger partial charge in [0.15, 0.2) is 0 Å². The second-order valence-electron chi connectivity index (χ2n) is 6.41. The van der Waals surface area contributed by atoms with E-state index >= 15 is 0 Å². The second-order valence-corrected chi connectivity index (χ2v) is 6.82. The molecule has 1 aliphatic rings. The van der Waals surface area contributed by atoms with Crippen LogP contribution in [0.5, 0.6) is 0 Å². The number of nitrogens with zero attached hydrogens (tertiary/aromatic N) is 2. The van der Waals surface area contributed by atoms with E-state index in [4.69, 9.17) is 17.2 Å². The van der Waals surface area contributed by atoms with E-state index in [2.05, 4.69) is 41.4 Å². The van der Waals surface area contributed by atoms with Crippen LogP contribution in [0.15, 0.2) is 64.8 Å². The summed E-state index contributed by atoms with van der Waals surface area (Å²) in [4.78, 5) is 7.80. The highest BCUT2D eigenvalue weighted by Gasteiger charge is 2.16. The lowest BCUT2D eigenvalue weighted by Crippen LogP contribution is -2.21. The summed E-state index contributed by atoms with van der Waals surface area (Å²) in [6, 6.07) is 8.36. The van der Waals surface area contributed by atoms with E-state index in [1.165, 1.54) is 18.5 Å². The zero-order valence-corrected chi connectivity index (χ0v) is 17.1. The molecular formula is C22H29N3S. The molecule has 0 atom stereocenters. The standard InChI is InChI=1S/C22H29N3S/c1-5-7-12-17(3)18(4)23-19(6-2)22(26)24-20-13-8-9-14-21(20)25-15-10-11-16-25/h5-9,12-14H,10-11,15-16H2,1-4H3,(H,24,26)/b7-5-,17-12+,19-6-,23-18+. The predicted octanol–water partition coefficient (Wildman–Crippen LogP) is 5.91. The van der Waals surface area contributed by atoms with Gasteiger partial charge >= 0.3 is 0 Å². The van der Waals surface area contributed by atoms with Crippen molar-refractivity contribution < 1.29 is 0 Å². The summed E-state index contributed by atoms with van der Waals surface area (Å²) < 4.78 is 0. The molecule has 1 N–H and O–H groups in total. The van der Waals surface area contributed by atoms with Crippen LogP contribution in [0.1, 0.15) is 40.5 Å². The summed E-state index contributed by atoms with van der Waals surface area (Å²) in [5.41, 5.74) is 5.15. The van der Waals surface area contributed by atoms with Crippen molar-refractivity contribution >= 4 is 34.3 Å². The first-order valence-electron chi connectivity index (χ1n) is 9.23. The molecule has 1 aliphatic heterocycles. The summed E-state index contributed by atoms with van der Waals surface area (Å²) in [7, 11) is 0. The molecule has 26 heavy (non-hydrogen) atoms. The number of aliphatic imine (C=N–C) groups is 1. The molecule has 0 aliphatic carbocycles. The van der Waals surface area contributed by atoms with Gasteiger partial charge in [-0.15, -0.1) is 0 Å². The molecule has 3 nitrogen and oxygen atoms in total. The molecule has 2 rings (SSSR count). The summed E-state index contributed by atoms with van der Waals surface area (Å²) in [5, 5.41) is 3.41. The van der Waals surface area contributed by atoms with Crippen LogP contribution >= 0.6 is 12.2 Å². The fourth-order valence-corrected chi connectivity index (χ4v) is 3.15. The number of allylic oxidation sites excluding steroid dienone is 5. The molecule has 4 heteroatoms. The number of hydrogen-bond acceptors (Lipinski definition) is 3. The first kappa shape index (κ1) is 20.1. The van der Waals surface area contributed by atoms with Gasteiger partial charge in [-0.25, -0.2) is 0 Å². The molecule has 1 aromatic carbocycles. The highest BCUT2D eigenvalue weighted by molar-refractivity contribution is 7.81. The van der Waals surface area contributed by atoms with Crippen LogP contribution in [0.4, 0.5) is 11.4 Å². The Labute approximate surface area is 163 Å². The van der Waals surface area contributed by atoms with Crippen molar-refractivity contribution in [2.24, 2.45) is 4.99 Å². The zero-order chi connectivity index (χ0) is 18.9. The Hall–Kier alpha value is -2.20. The molecule has 0 amide bonds. The fourth-order valence-electron chi connectivity index (χ4n) is 2.88. The van der Waals surface area contributed by atoms with Gasteiger partial charge < -0.3 is 10.2 Å². The van der Waals surface area contributed by atoms with Crippen molar-refractivity contribution in [2.45, 2.75) is 40.5 Å². The summed E-state index contributed by atoms with van der Waals surface area (Å²) in [5.74, 6) is 0. The number of rotatable bonds is 6. The molecule has 1 aromatic rings. The highest BCUT2D eigenvalue weighted by Crippen LogP contribution is 2.29. The second kappa shape index (κ2) is 10.1. The van der Waals surface area contributed by atoms with Gasteiger partial charge in [-0.1, -0.05) is 48.7 Å². The monoisotopic (exact) mass is 367 g/mol. The molecule has 1 heterocycles. The summed E-state index contributed by atoms with van der Waals surface area (Å²) >= 11 is 5.64. The third-order valence-electron chi connectivity index (χ3n) is 4.50. The van der Waals surface area contributed by atoms with Gasteiger partial charge in [0.05, 0.1) is 17.1 Å². The third-order valence-corrected chi connectivity index (χ3v) is 4.81. The zero-order valence-electron chi connectivity index (χ0n) is 16.2. The fraction of sp³-hybridized carbons (Fsp3) is 0.364. The van der Waals surface area contributed by atoms with Crippen molar-refractivity contribution in [1.29, 1.82) is 0 Å². The molecule has 0 aromatic heterocycles. The molecule has 138 valence electrons. The van der Waals surface area contributed by atoms with Gasteiger partial charge in [-0.3, -0.25) is 4.99 Å². The lowest BCUT2D eigenvalue weighted by Gasteiger charge is -2.22. The maximum Gasteiger partial charge on any atom is 0.129 e. The van der Waals surface area contributed by atoms with Crippen LogP contribution < -0.4 is 10.2 Å². The largest absolute Gasteiger partial charge is 0.370 e. The minimum Gasteiger partial charge on any atom is -0.370 e. The number of hydrogen-bond donors (Lipinski definition) is 1. The van der Waals surface area contributed by atoms with Crippen molar-refractivity contribution in [2.75, 3.05) is 23.3 Å². The molecule has 0 radical (unpaired) electrons. The van der Waals surface area contributed by atoms with Crippen molar-refractivity contribution in [3.8, 4) is 0 Å². The van der Waals surface area contributed by atoms with E-state index in [1.54, 1.807) is 0 Å². The maximum absolute atomic E-state index is 5.64. The number of para-hydroxylation sites is 2. The number of anilines is 2. The van der Waals surface area contributed by atoms with Gasteiger partial charge in [0.25, 0.3) is 0 Å². The Kier molecular flexibility index (Phi) is 7.79. The normalized spacial score (nSPS) is 16.5. The molecule has 0 unspecified atom stereocenters. The van der Waals surface area contributed by atoms with Crippen LogP contribution in [0.3, 0.4) is 0 Å². The molecule has 1 fully saturated rings. The van der Waals surface area contributed by atoms with Crippen LogP contribution in [-0.4, -0.2) is 23.8 Å². The average Bonchev–Trinajstić information content (AvgIpc) is 3.18. The Balaban J connectivity index is 2.18. The van der Waals surface area contributed by atoms with Crippen molar-refractivity contribution in [3.05, 3.63) is 59.8 Å². The van der Waals surface area contributed by atoms with E-state index in [0.29, 0.717) is 4.99 Å². The lowest BCUT2D eigenvalue weighted by molar-refractivity contribution is 0.949. The number of nitrogens with one attached hydrogen (secondary N) is 1. The minimum atomic E-state index is 0.650. The number of thiocarbonyl (C=S) groups is 1. The van der Waals surface area contributed by atoms with Crippen LogP contribution in [0, 0.1) is 0 Å². The summed E-state index contributed by atoms with van der Waals surface area (Å²) in [6.07, 6.45) is 10.5.